The van der Waals surface area contributed by atoms with Crippen molar-refractivity contribution in [3.63, 3.8) is 0 Å². The van der Waals surface area contributed by atoms with E-state index in [4.69, 9.17) is 11.6 Å². The average Bonchev–Trinajstić information content (AvgIpc) is 2.56. The zero-order chi connectivity index (χ0) is 15.2. The van der Waals surface area contributed by atoms with Gasteiger partial charge in [0, 0.05) is 37.2 Å². The predicted molar refractivity (Wildman–Crippen MR) is 87.3 cm³/mol. The van der Waals surface area contributed by atoms with Crippen LogP contribution in [-0.4, -0.2) is 15.0 Å². The van der Waals surface area contributed by atoms with Gasteiger partial charge in [-0.25, -0.2) is 9.97 Å². The summed E-state index contributed by atoms with van der Waals surface area (Å²) >= 11 is 5.85. The van der Waals surface area contributed by atoms with E-state index in [1.54, 1.807) is 12.4 Å². The first kappa shape index (κ1) is 14.6. The molecule has 0 amide bonds. The molecule has 5 heteroatoms. The predicted octanol–water partition coefficient (Wildman–Crippen LogP) is 3.48. The molecule has 0 aliphatic carbocycles. The van der Waals surface area contributed by atoms with Gasteiger partial charge in [-0.2, -0.15) is 0 Å². The summed E-state index contributed by atoms with van der Waals surface area (Å²) in [6.07, 6.45) is 5.31. The van der Waals surface area contributed by atoms with Crippen LogP contribution in [0.3, 0.4) is 0 Å². The Labute approximate surface area is 134 Å². The molecule has 0 spiro atoms. The van der Waals surface area contributed by atoms with Gasteiger partial charge in [-0.1, -0.05) is 24.3 Å². The third-order valence-corrected chi connectivity index (χ3v) is 3.41. The van der Waals surface area contributed by atoms with Gasteiger partial charge in [-0.05, 0) is 40.9 Å². The molecular formula is C17H15ClN4. The van der Waals surface area contributed by atoms with Crippen LogP contribution in [0.1, 0.15) is 11.1 Å². The second kappa shape index (κ2) is 7.11. The minimum Gasteiger partial charge on any atom is -0.309 e. The number of pyridine rings is 1. The Morgan fingerprint density at radius 2 is 1.82 bits per heavy atom. The number of hydrogen-bond acceptors (Lipinski definition) is 4. The van der Waals surface area contributed by atoms with Crippen molar-refractivity contribution < 1.29 is 0 Å². The molecule has 0 fully saturated rings. The topological polar surface area (TPSA) is 50.7 Å². The second-order valence-electron chi connectivity index (χ2n) is 4.88. The van der Waals surface area contributed by atoms with E-state index in [9.17, 15) is 0 Å². The zero-order valence-electron chi connectivity index (χ0n) is 11.9. The van der Waals surface area contributed by atoms with Crippen LogP contribution in [0.25, 0.3) is 11.3 Å². The lowest BCUT2D eigenvalue weighted by atomic mass is 10.1. The molecule has 0 saturated carbocycles. The lowest BCUT2D eigenvalue weighted by Gasteiger charge is -2.07. The van der Waals surface area contributed by atoms with Crippen molar-refractivity contribution >= 4 is 11.6 Å². The maximum absolute atomic E-state index is 5.85. The monoisotopic (exact) mass is 310 g/mol. The Morgan fingerprint density at radius 3 is 2.64 bits per heavy atom. The third-order valence-electron chi connectivity index (χ3n) is 3.23. The number of halogens is 1. The molecule has 2 aromatic heterocycles. The van der Waals surface area contributed by atoms with E-state index in [1.807, 2.05) is 30.5 Å². The molecule has 1 N–H and O–H groups in total. The SMILES string of the molecule is Clc1nccc(-c2cccc(CNCc3cccnc3)c2)n1. The average molecular weight is 311 g/mol. The molecule has 3 aromatic rings. The van der Waals surface area contributed by atoms with Crippen molar-refractivity contribution in [3.8, 4) is 11.3 Å². The molecule has 1 aromatic carbocycles. The highest BCUT2D eigenvalue weighted by Gasteiger charge is 2.02. The molecule has 0 unspecified atom stereocenters. The smallest absolute Gasteiger partial charge is 0.222 e. The molecule has 0 aliphatic heterocycles. The standard InChI is InChI=1S/C17H15ClN4/c18-17-21-8-6-16(22-17)15-5-1-3-13(9-15)10-20-12-14-4-2-7-19-11-14/h1-9,11,20H,10,12H2. The van der Waals surface area contributed by atoms with Crippen LogP contribution in [0.5, 0.6) is 0 Å². The summed E-state index contributed by atoms with van der Waals surface area (Å²) in [4.78, 5) is 12.3. The van der Waals surface area contributed by atoms with Gasteiger partial charge in [0.2, 0.25) is 5.28 Å². The molecule has 0 saturated heterocycles. The molecule has 0 atom stereocenters. The lowest BCUT2D eigenvalue weighted by Crippen LogP contribution is -2.12. The minimum atomic E-state index is 0.262. The maximum Gasteiger partial charge on any atom is 0.222 e. The number of rotatable bonds is 5. The number of benzene rings is 1. The van der Waals surface area contributed by atoms with Gasteiger partial charge in [0.1, 0.15) is 0 Å². The lowest BCUT2D eigenvalue weighted by molar-refractivity contribution is 0.691. The van der Waals surface area contributed by atoms with Crippen molar-refractivity contribution in [2.75, 3.05) is 0 Å². The molecular weight excluding hydrogens is 296 g/mol. The first-order chi connectivity index (χ1) is 10.8. The fourth-order valence-corrected chi connectivity index (χ4v) is 2.34. The Kier molecular flexibility index (Phi) is 4.73. The Morgan fingerprint density at radius 1 is 0.955 bits per heavy atom. The number of nitrogens with zero attached hydrogens (tertiary/aromatic N) is 3. The van der Waals surface area contributed by atoms with Crippen LogP contribution in [0.2, 0.25) is 5.28 Å². The highest BCUT2D eigenvalue weighted by molar-refractivity contribution is 6.28. The summed E-state index contributed by atoms with van der Waals surface area (Å²) in [5.41, 5.74) is 4.22. The van der Waals surface area contributed by atoms with E-state index in [1.165, 1.54) is 11.1 Å². The van der Waals surface area contributed by atoms with Crippen LogP contribution >= 0.6 is 11.6 Å². The molecule has 4 nitrogen and oxygen atoms in total. The summed E-state index contributed by atoms with van der Waals surface area (Å²) in [6.45, 7) is 1.57. The Bertz CT molecular complexity index is 746. The minimum absolute atomic E-state index is 0.262. The van der Waals surface area contributed by atoms with Gasteiger partial charge in [0.05, 0.1) is 5.69 Å². The van der Waals surface area contributed by atoms with Crippen molar-refractivity contribution in [3.05, 3.63) is 77.5 Å². The second-order valence-corrected chi connectivity index (χ2v) is 5.21. The van der Waals surface area contributed by atoms with Crippen LogP contribution in [0.4, 0.5) is 0 Å². The zero-order valence-corrected chi connectivity index (χ0v) is 12.7. The van der Waals surface area contributed by atoms with E-state index in [2.05, 4.69) is 38.5 Å². The summed E-state index contributed by atoms with van der Waals surface area (Å²) in [5, 5.41) is 3.67. The van der Waals surface area contributed by atoms with Crippen LogP contribution in [0, 0.1) is 0 Å². The number of aromatic nitrogens is 3. The van der Waals surface area contributed by atoms with Gasteiger partial charge in [0.15, 0.2) is 0 Å². The highest BCUT2D eigenvalue weighted by Crippen LogP contribution is 2.19. The van der Waals surface area contributed by atoms with E-state index in [0.29, 0.717) is 0 Å². The number of nitrogens with one attached hydrogen (secondary N) is 1. The molecule has 3 rings (SSSR count). The van der Waals surface area contributed by atoms with E-state index in [-0.39, 0.29) is 5.28 Å². The first-order valence-corrected chi connectivity index (χ1v) is 7.36. The first-order valence-electron chi connectivity index (χ1n) is 6.99. The van der Waals surface area contributed by atoms with Crippen molar-refractivity contribution in [1.82, 2.24) is 20.3 Å². The largest absolute Gasteiger partial charge is 0.309 e. The van der Waals surface area contributed by atoms with E-state index in [0.717, 1.165) is 24.3 Å². The van der Waals surface area contributed by atoms with Gasteiger partial charge in [-0.15, -0.1) is 0 Å². The molecule has 110 valence electrons. The Balaban J connectivity index is 1.66. The molecule has 22 heavy (non-hydrogen) atoms. The summed E-state index contributed by atoms with van der Waals surface area (Å²) < 4.78 is 0. The van der Waals surface area contributed by atoms with Gasteiger partial charge in [0.25, 0.3) is 0 Å². The van der Waals surface area contributed by atoms with Crippen LogP contribution in [-0.2, 0) is 13.1 Å². The maximum atomic E-state index is 5.85. The van der Waals surface area contributed by atoms with Gasteiger partial charge >= 0.3 is 0 Å². The fraction of sp³-hybridized carbons (Fsp3) is 0.118. The normalized spacial score (nSPS) is 10.6. The van der Waals surface area contributed by atoms with E-state index >= 15 is 0 Å². The van der Waals surface area contributed by atoms with Crippen molar-refractivity contribution in [2.24, 2.45) is 0 Å². The highest BCUT2D eigenvalue weighted by atomic mass is 35.5. The third kappa shape index (κ3) is 3.87. The van der Waals surface area contributed by atoms with E-state index < -0.39 is 0 Å². The van der Waals surface area contributed by atoms with Crippen LogP contribution in [0.15, 0.2) is 61.1 Å². The van der Waals surface area contributed by atoms with Gasteiger partial charge < -0.3 is 5.32 Å². The summed E-state index contributed by atoms with van der Waals surface area (Å²) in [6, 6.07) is 14.1. The summed E-state index contributed by atoms with van der Waals surface area (Å²) in [5.74, 6) is 0. The summed E-state index contributed by atoms with van der Waals surface area (Å²) in [7, 11) is 0. The number of hydrogen-bond donors (Lipinski definition) is 1. The molecule has 0 aliphatic rings. The quantitative estimate of drug-likeness (QED) is 0.733. The molecule has 2 heterocycles. The van der Waals surface area contributed by atoms with Crippen molar-refractivity contribution in [2.45, 2.75) is 13.1 Å². The molecule has 0 bridgehead atoms. The van der Waals surface area contributed by atoms with Gasteiger partial charge in [-0.3, -0.25) is 4.98 Å². The fourth-order valence-electron chi connectivity index (χ4n) is 2.19. The van der Waals surface area contributed by atoms with Crippen molar-refractivity contribution in [1.29, 1.82) is 0 Å². The Hall–Kier alpha value is -2.30. The molecule has 0 radical (unpaired) electrons. The van der Waals surface area contributed by atoms with Crippen LogP contribution < -0.4 is 5.32 Å².